The number of allylic oxidation sites excluding steroid dienone is 2. The van der Waals surface area contributed by atoms with E-state index in [-0.39, 0.29) is 11.7 Å². The lowest BCUT2D eigenvalue weighted by Gasteiger charge is -2.14. The van der Waals surface area contributed by atoms with Gasteiger partial charge in [-0.3, -0.25) is 4.79 Å². The van der Waals surface area contributed by atoms with Crippen LogP contribution in [0.2, 0.25) is 5.02 Å². The van der Waals surface area contributed by atoms with Crippen LogP contribution in [0.3, 0.4) is 0 Å². The van der Waals surface area contributed by atoms with Gasteiger partial charge in [-0.25, -0.2) is 0 Å². The Morgan fingerprint density at radius 1 is 1.15 bits per heavy atom. The number of anilines is 1. The lowest BCUT2D eigenvalue weighted by Crippen LogP contribution is -2.05. The second kappa shape index (κ2) is 6.86. The fourth-order valence-corrected chi connectivity index (χ4v) is 4.55. The fraction of sp³-hybridized carbons (Fsp3) is 0.190. The van der Waals surface area contributed by atoms with Crippen molar-refractivity contribution in [2.75, 3.05) is 16.8 Å². The van der Waals surface area contributed by atoms with Crippen LogP contribution in [0.15, 0.2) is 48.2 Å². The molecule has 0 unspecified atom stereocenters. The van der Waals surface area contributed by atoms with E-state index in [0.29, 0.717) is 21.8 Å². The average molecular weight is 384 g/mol. The van der Waals surface area contributed by atoms with E-state index in [4.69, 9.17) is 11.6 Å². The van der Waals surface area contributed by atoms with Crippen molar-refractivity contribution < 1.29 is 9.90 Å². The van der Waals surface area contributed by atoms with Gasteiger partial charge >= 0.3 is 0 Å². The third-order valence-electron chi connectivity index (χ3n) is 4.74. The molecule has 2 aliphatic heterocycles. The predicted octanol–water partition coefficient (Wildman–Crippen LogP) is 5.77. The van der Waals surface area contributed by atoms with Gasteiger partial charge in [0, 0.05) is 16.9 Å². The molecule has 2 aromatic carbocycles. The maximum absolute atomic E-state index is 12.1. The van der Waals surface area contributed by atoms with E-state index in [1.807, 2.05) is 17.8 Å². The molecule has 4 rings (SSSR count). The van der Waals surface area contributed by atoms with Crippen molar-refractivity contribution in [3.05, 3.63) is 64.4 Å². The molecule has 0 aromatic heterocycles. The zero-order valence-corrected chi connectivity index (χ0v) is 15.9. The van der Waals surface area contributed by atoms with Crippen LogP contribution in [0.4, 0.5) is 5.69 Å². The van der Waals surface area contributed by atoms with Gasteiger partial charge in [-0.1, -0.05) is 41.9 Å². The Hall–Kier alpha value is -2.17. The average Bonchev–Trinajstić information content (AvgIpc) is 2.96. The molecule has 0 fully saturated rings. The van der Waals surface area contributed by atoms with E-state index in [2.05, 4.69) is 35.7 Å². The molecule has 0 spiro atoms. The summed E-state index contributed by atoms with van der Waals surface area (Å²) in [4.78, 5) is 12.1. The molecule has 0 saturated heterocycles. The van der Waals surface area contributed by atoms with Crippen molar-refractivity contribution in [3.8, 4) is 11.1 Å². The van der Waals surface area contributed by atoms with Gasteiger partial charge in [-0.2, -0.15) is 11.8 Å². The highest BCUT2D eigenvalue weighted by atomic mass is 35.5. The summed E-state index contributed by atoms with van der Waals surface area (Å²) in [6, 6.07) is 12.0. The predicted molar refractivity (Wildman–Crippen MR) is 111 cm³/mol. The van der Waals surface area contributed by atoms with Gasteiger partial charge in [0.25, 0.3) is 5.91 Å². The summed E-state index contributed by atoms with van der Waals surface area (Å²) in [5, 5.41) is 13.2. The number of aliphatic hydroxyl groups is 1. The highest BCUT2D eigenvalue weighted by Gasteiger charge is 2.28. The maximum atomic E-state index is 12.1. The highest BCUT2D eigenvalue weighted by molar-refractivity contribution is 7.99. The van der Waals surface area contributed by atoms with Crippen molar-refractivity contribution in [1.82, 2.24) is 0 Å². The van der Waals surface area contributed by atoms with E-state index < -0.39 is 0 Å². The summed E-state index contributed by atoms with van der Waals surface area (Å²) in [5.41, 5.74) is 6.10. The minimum absolute atomic E-state index is 0.00646. The van der Waals surface area contributed by atoms with Gasteiger partial charge in [0.15, 0.2) is 0 Å². The molecule has 0 radical (unpaired) electrons. The number of carbonyl (C=O) groups is 1. The summed E-state index contributed by atoms with van der Waals surface area (Å²) < 4.78 is 0. The largest absolute Gasteiger partial charge is 0.512 e. The van der Waals surface area contributed by atoms with E-state index in [0.717, 1.165) is 23.3 Å². The Morgan fingerprint density at radius 3 is 2.54 bits per heavy atom. The minimum Gasteiger partial charge on any atom is -0.512 e. The number of aliphatic hydroxyl groups excluding tert-OH is 1. The molecule has 132 valence electrons. The van der Waals surface area contributed by atoms with Crippen LogP contribution in [0, 0.1) is 0 Å². The zero-order valence-electron chi connectivity index (χ0n) is 14.3. The number of hydrogen-bond acceptors (Lipinski definition) is 3. The standard InChI is InChI=1S/C21H18ClNO2S/c1-12(24)20-17-10-16(18(22)11-19(17)23-21(20)25)15-4-2-13(3-5-15)14-6-8-26-9-7-14/h2-6,10-11,24H,7-9H2,1H3,(H,23,25)/b20-12+. The lowest BCUT2D eigenvalue weighted by atomic mass is 9.96. The van der Waals surface area contributed by atoms with Crippen molar-refractivity contribution in [1.29, 1.82) is 0 Å². The highest BCUT2D eigenvalue weighted by Crippen LogP contribution is 2.40. The molecular weight excluding hydrogens is 366 g/mol. The van der Waals surface area contributed by atoms with Crippen molar-refractivity contribution in [2.45, 2.75) is 13.3 Å². The van der Waals surface area contributed by atoms with Gasteiger partial charge in [0.2, 0.25) is 0 Å². The van der Waals surface area contributed by atoms with Crippen LogP contribution in [0.5, 0.6) is 0 Å². The number of benzene rings is 2. The van der Waals surface area contributed by atoms with Crippen molar-refractivity contribution >= 4 is 46.1 Å². The summed E-state index contributed by atoms with van der Waals surface area (Å²) in [7, 11) is 0. The fourth-order valence-electron chi connectivity index (χ4n) is 3.42. The van der Waals surface area contributed by atoms with Gasteiger partial charge < -0.3 is 10.4 Å². The first-order chi connectivity index (χ1) is 12.5. The van der Waals surface area contributed by atoms with Crippen LogP contribution in [0.1, 0.15) is 24.5 Å². The molecule has 2 aromatic rings. The van der Waals surface area contributed by atoms with E-state index in [1.54, 1.807) is 6.07 Å². The van der Waals surface area contributed by atoms with Gasteiger partial charge in [-0.15, -0.1) is 0 Å². The van der Waals surface area contributed by atoms with E-state index in [9.17, 15) is 9.90 Å². The van der Waals surface area contributed by atoms with Crippen LogP contribution in [-0.2, 0) is 4.79 Å². The Balaban J connectivity index is 1.74. The molecule has 2 heterocycles. The minimum atomic E-state index is -0.300. The number of halogens is 1. The maximum Gasteiger partial charge on any atom is 0.259 e. The molecule has 5 heteroatoms. The second-order valence-electron chi connectivity index (χ2n) is 6.42. The number of thioether (sulfide) groups is 1. The number of rotatable bonds is 2. The number of carbonyl (C=O) groups excluding carboxylic acids is 1. The monoisotopic (exact) mass is 383 g/mol. The molecule has 1 amide bonds. The van der Waals surface area contributed by atoms with Crippen molar-refractivity contribution in [2.24, 2.45) is 0 Å². The van der Waals surface area contributed by atoms with Crippen molar-refractivity contribution in [3.63, 3.8) is 0 Å². The molecule has 0 atom stereocenters. The third kappa shape index (κ3) is 3.04. The summed E-state index contributed by atoms with van der Waals surface area (Å²) in [6.45, 7) is 1.52. The molecule has 0 aliphatic carbocycles. The quantitative estimate of drug-likeness (QED) is 0.511. The molecule has 0 saturated carbocycles. The zero-order chi connectivity index (χ0) is 18.3. The topological polar surface area (TPSA) is 49.3 Å². The second-order valence-corrected chi connectivity index (χ2v) is 7.98. The molecule has 2 N–H and O–H groups in total. The first kappa shape index (κ1) is 17.3. The van der Waals surface area contributed by atoms with Gasteiger partial charge in [0.1, 0.15) is 5.76 Å². The first-order valence-corrected chi connectivity index (χ1v) is 10.0. The molecule has 2 aliphatic rings. The normalized spacial score (nSPS) is 18.2. The molecule has 0 bridgehead atoms. The number of fused-ring (bicyclic) bond motifs is 1. The Labute approximate surface area is 161 Å². The third-order valence-corrected chi connectivity index (χ3v) is 5.95. The Morgan fingerprint density at radius 2 is 1.88 bits per heavy atom. The van der Waals surface area contributed by atoms with E-state index >= 15 is 0 Å². The van der Waals surface area contributed by atoms with Crippen LogP contribution in [0.25, 0.3) is 22.3 Å². The van der Waals surface area contributed by atoms with Gasteiger partial charge in [-0.05, 0) is 47.9 Å². The number of hydrogen-bond donors (Lipinski definition) is 2. The summed E-state index contributed by atoms with van der Waals surface area (Å²) in [6.07, 6.45) is 3.39. The van der Waals surface area contributed by atoms with Gasteiger partial charge in [0.05, 0.1) is 16.3 Å². The SMILES string of the molecule is C/C(O)=C1\C(=O)Nc2cc(Cl)c(-c3ccc(C4=CCSCC4)cc3)cc21. The van der Waals surface area contributed by atoms with E-state index in [1.165, 1.54) is 23.8 Å². The summed E-state index contributed by atoms with van der Waals surface area (Å²) in [5.74, 6) is 1.95. The number of nitrogens with one attached hydrogen (secondary N) is 1. The Kier molecular flexibility index (Phi) is 4.55. The Bertz CT molecular complexity index is 957. The van der Waals surface area contributed by atoms with Crippen LogP contribution >= 0.6 is 23.4 Å². The smallest absolute Gasteiger partial charge is 0.259 e. The number of amides is 1. The summed E-state index contributed by atoms with van der Waals surface area (Å²) >= 11 is 8.42. The molecular formula is C21H18ClNO2S. The van der Waals surface area contributed by atoms with Crippen LogP contribution < -0.4 is 5.32 Å². The molecule has 3 nitrogen and oxygen atoms in total. The first-order valence-electron chi connectivity index (χ1n) is 8.47. The lowest BCUT2D eigenvalue weighted by molar-refractivity contribution is -0.110. The molecule has 26 heavy (non-hydrogen) atoms. The van der Waals surface area contributed by atoms with Crippen LogP contribution in [-0.4, -0.2) is 22.5 Å².